The minimum Gasteiger partial charge on any atom is -0.306 e. The molecule has 1 atom stereocenters. The van der Waals surface area contributed by atoms with E-state index in [4.69, 9.17) is 0 Å². The van der Waals surface area contributed by atoms with Crippen molar-refractivity contribution in [3.05, 3.63) is 56.8 Å². The first-order valence-corrected chi connectivity index (χ1v) is 7.72. The highest BCUT2D eigenvalue weighted by Crippen LogP contribution is 2.33. The van der Waals surface area contributed by atoms with Crippen LogP contribution in [0.15, 0.2) is 23.6 Å². The van der Waals surface area contributed by atoms with Gasteiger partial charge in [-0.15, -0.1) is 11.3 Å². The van der Waals surface area contributed by atoms with E-state index in [-0.39, 0.29) is 5.56 Å². The maximum atomic E-state index is 14.4. The summed E-state index contributed by atoms with van der Waals surface area (Å²) in [6.45, 7) is 6.31. The molecule has 1 N–H and O–H groups in total. The van der Waals surface area contributed by atoms with E-state index in [1.165, 1.54) is 12.1 Å². The Morgan fingerprint density at radius 3 is 2.60 bits per heavy atom. The van der Waals surface area contributed by atoms with Gasteiger partial charge in [0.25, 0.3) is 0 Å². The lowest BCUT2D eigenvalue weighted by molar-refractivity contribution is 0.508. The van der Waals surface area contributed by atoms with Gasteiger partial charge >= 0.3 is 0 Å². The highest BCUT2D eigenvalue weighted by Gasteiger charge is 2.25. The third-order valence-electron chi connectivity index (χ3n) is 3.44. The largest absolute Gasteiger partial charge is 0.306 e. The van der Waals surface area contributed by atoms with Crippen molar-refractivity contribution in [1.82, 2.24) is 5.32 Å². The van der Waals surface area contributed by atoms with Crippen LogP contribution in [0.25, 0.3) is 0 Å². The van der Waals surface area contributed by atoms with E-state index < -0.39 is 17.7 Å². The highest BCUT2D eigenvalue weighted by atomic mass is 32.1. The summed E-state index contributed by atoms with van der Waals surface area (Å²) in [5.41, 5.74) is 1.74. The van der Waals surface area contributed by atoms with E-state index in [1.54, 1.807) is 18.3 Å². The Balaban J connectivity index is 2.57. The van der Waals surface area contributed by atoms with Crippen molar-refractivity contribution in [3.63, 3.8) is 0 Å². The number of nitrogens with one attached hydrogen (secondary N) is 1. The summed E-state index contributed by atoms with van der Waals surface area (Å²) in [6, 6.07) is 4.43. The Bertz CT molecular complexity index is 592. The van der Waals surface area contributed by atoms with Gasteiger partial charge < -0.3 is 5.32 Å². The molecular formula is C16H19F2NS. The first kappa shape index (κ1) is 15.1. The number of rotatable bonds is 5. The Kier molecular flexibility index (Phi) is 4.89. The number of hydrogen-bond donors (Lipinski definition) is 1. The second-order valence-electron chi connectivity index (χ2n) is 4.75. The fourth-order valence-corrected chi connectivity index (χ4v) is 3.45. The molecule has 1 heterocycles. The van der Waals surface area contributed by atoms with Crippen LogP contribution >= 0.6 is 11.3 Å². The predicted octanol–water partition coefficient (Wildman–Crippen LogP) is 4.60. The molecule has 0 fully saturated rings. The van der Waals surface area contributed by atoms with Gasteiger partial charge in [0.05, 0.1) is 6.04 Å². The lowest BCUT2D eigenvalue weighted by Crippen LogP contribution is -2.24. The molecule has 0 aliphatic rings. The summed E-state index contributed by atoms with van der Waals surface area (Å²) in [5.74, 6) is -0.944. The van der Waals surface area contributed by atoms with Gasteiger partial charge in [-0.05, 0) is 48.5 Å². The smallest absolute Gasteiger partial charge is 0.134 e. The van der Waals surface area contributed by atoms with Crippen LogP contribution in [0.3, 0.4) is 0 Å². The number of aryl methyl sites for hydroxylation is 2. The van der Waals surface area contributed by atoms with Crippen molar-refractivity contribution in [3.8, 4) is 0 Å². The van der Waals surface area contributed by atoms with E-state index in [0.717, 1.165) is 16.9 Å². The van der Waals surface area contributed by atoms with Crippen molar-refractivity contribution in [2.45, 2.75) is 33.2 Å². The lowest BCUT2D eigenvalue weighted by atomic mass is 9.98. The standard InChI is InChI=1S/C16H19F2NS/c1-4-11-8-9-20-16(11)15(19-5-2)13-12(17)7-6-10(3)14(13)18/h6-9,15,19H,4-5H2,1-3H3. The first-order chi connectivity index (χ1) is 9.60. The van der Waals surface area contributed by atoms with Crippen LogP contribution in [0.5, 0.6) is 0 Å². The van der Waals surface area contributed by atoms with Gasteiger partial charge in [0.1, 0.15) is 11.6 Å². The quantitative estimate of drug-likeness (QED) is 0.850. The fourth-order valence-electron chi connectivity index (χ4n) is 2.37. The maximum absolute atomic E-state index is 14.4. The normalized spacial score (nSPS) is 12.7. The first-order valence-electron chi connectivity index (χ1n) is 6.84. The van der Waals surface area contributed by atoms with Gasteiger partial charge in [-0.2, -0.15) is 0 Å². The van der Waals surface area contributed by atoms with Gasteiger partial charge in [-0.1, -0.05) is 19.9 Å². The molecule has 0 aliphatic heterocycles. The zero-order chi connectivity index (χ0) is 14.7. The predicted molar refractivity (Wildman–Crippen MR) is 80.3 cm³/mol. The van der Waals surface area contributed by atoms with Crippen molar-refractivity contribution >= 4 is 11.3 Å². The van der Waals surface area contributed by atoms with Crippen molar-refractivity contribution in [1.29, 1.82) is 0 Å². The fraction of sp³-hybridized carbons (Fsp3) is 0.375. The average molecular weight is 295 g/mol. The summed E-state index contributed by atoms with van der Waals surface area (Å²) in [6.07, 6.45) is 0.857. The van der Waals surface area contributed by atoms with Gasteiger partial charge in [-0.25, -0.2) is 8.78 Å². The third-order valence-corrected chi connectivity index (χ3v) is 4.46. The molecule has 4 heteroatoms. The Morgan fingerprint density at radius 2 is 1.95 bits per heavy atom. The Labute approximate surface area is 122 Å². The minimum atomic E-state index is -0.491. The molecule has 0 amide bonds. The van der Waals surface area contributed by atoms with E-state index in [9.17, 15) is 8.78 Å². The van der Waals surface area contributed by atoms with Crippen LogP contribution in [0, 0.1) is 18.6 Å². The van der Waals surface area contributed by atoms with E-state index in [1.807, 2.05) is 18.4 Å². The molecule has 0 saturated heterocycles. The van der Waals surface area contributed by atoms with E-state index in [2.05, 4.69) is 12.2 Å². The van der Waals surface area contributed by atoms with Crippen molar-refractivity contribution < 1.29 is 8.78 Å². The molecule has 0 bridgehead atoms. The minimum absolute atomic E-state index is 0.129. The number of halogens is 2. The SMILES string of the molecule is CCNC(c1sccc1CC)c1c(F)ccc(C)c1F. The number of thiophene rings is 1. The van der Waals surface area contributed by atoms with Crippen molar-refractivity contribution in [2.24, 2.45) is 0 Å². The topological polar surface area (TPSA) is 12.0 Å². The second-order valence-corrected chi connectivity index (χ2v) is 5.69. The van der Waals surface area contributed by atoms with Gasteiger partial charge in [-0.3, -0.25) is 0 Å². The molecule has 2 aromatic rings. The van der Waals surface area contributed by atoms with Crippen LogP contribution in [0.1, 0.15) is 41.5 Å². The van der Waals surface area contributed by atoms with Gasteiger partial charge in [0, 0.05) is 10.4 Å². The molecule has 0 radical (unpaired) electrons. The summed E-state index contributed by atoms with van der Waals surface area (Å²) in [4.78, 5) is 0.998. The molecular weight excluding hydrogens is 276 g/mol. The van der Waals surface area contributed by atoms with Crippen LogP contribution in [-0.4, -0.2) is 6.54 Å². The monoisotopic (exact) mass is 295 g/mol. The summed E-state index contributed by atoms with van der Waals surface area (Å²) in [7, 11) is 0. The Morgan fingerprint density at radius 1 is 1.20 bits per heavy atom. The summed E-state index contributed by atoms with van der Waals surface area (Å²) in [5, 5.41) is 5.19. The molecule has 1 aromatic carbocycles. The lowest BCUT2D eigenvalue weighted by Gasteiger charge is -2.21. The molecule has 0 aliphatic carbocycles. The van der Waals surface area contributed by atoms with Crippen LogP contribution in [-0.2, 0) is 6.42 Å². The van der Waals surface area contributed by atoms with Gasteiger partial charge in [0.15, 0.2) is 0 Å². The second kappa shape index (κ2) is 6.46. The molecule has 108 valence electrons. The zero-order valence-electron chi connectivity index (χ0n) is 12.0. The molecule has 0 saturated carbocycles. The zero-order valence-corrected chi connectivity index (χ0v) is 12.8. The van der Waals surface area contributed by atoms with Crippen molar-refractivity contribution in [2.75, 3.05) is 6.54 Å². The molecule has 1 aromatic heterocycles. The number of benzene rings is 1. The summed E-state index contributed by atoms with van der Waals surface area (Å²) < 4.78 is 28.5. The molecule has 0 spiro atoms. The maximum Gasteiger partial charge on any atom is 0.134 e. The molecule has 20 heavy (non-hydrogen) atoms. The molecule has 1 unspecified atom stereocenters. The van der Waals surface area contributed by atoms with Crippen LogP contribution in [0.4, 0.5) is 8.78 Å². The summed E-state index contributed by atoms with van der Waals surface area (Å²) >= 11 is 1.54. The third kappa shape index (κ3) is 2.76. The van der Waals surface area contributed by atoms with E-state index >= 15 is 0 Å². The molecule has 1 nitrogen and oxygen atoms in total. The van der Waals surface area contributed by atoms with Crippen LogP contribution in [0.2, 0.25) is 0 Å². The Hall–Kier alpha value is -1.26. The van der Waals surface area contributed by atoms with E-state index in [0.29, 0.717) is 12.1 Å². The average Bonchev–Trinajstić information content (AvgIpc) is 2.90. The molecule has 2 rings (SSSR count). The number of hydrogen-bond acceptors (Lipinski definition) is 2. The highest BCUT2D eigenvalue weighted by molar-refractivity contribution is 7.10. The van der Waals surface area contributed by atoms with Gasteiger partial charge in [0.2, 0.25) is 0 Å². The van der Waals surface area contributed by atoms with Crippen LogP contribution < -0.4 is 5.32 Å².